The summed E-state index contributed by atoms with van der Waals surface area (Å²) in [4.78, 5) is 14.5. The second kappa shape index (κ2) is 8.41. The molecule has 0 bridgehead atoms. The monoisotopic (exact) mass is 358 g/mol. The topological polar surface area (TPSA) is 32.3 Å². The molecule has 1 fully saturated rings. The number of carbonyl (C=O) groups is 1. The molecule has 5 heteroatoms. The lowest BCUT2D eigenvalue weighted by Crippen LogP contribution is -2.46. The largest absolute Gasteiger partial charge is 0.322 e. The molecule has 0 aromatic heterocycles. The molecule has 3 nitrogen and oxygen atoms in total. The number of nitrogens with zero attached hydrogens (tertiary/aromatic N) is 1. The van der Waals surface area contributed by atoms with Crippen LogP contribution in [0.5, 0.6) is 0 Å². The van der Waals surface area contributed by atoms with Crippen LogP contribution in [0.15, 0.2) is 48.5 Å². The third kappa shape index (κ3) is 4.67. The van der Waals surface area contributed by atoms with Crippen molar-refractivity contribution in [3.63, 3.8) is 0 Å². The third-order valence-electron chi connectivity index (χ3n) is 5.13. The lowest BCUT2D eigenvalue weighted by Gasteiger charge is -2.35. The molecule has 1 heterocycles. The van der Waals surface area contributed by atoms with Gasteiger partial charge in [0.1, 0.15) is 11.6 Å². The molecule has 1 amide bonds. The first kappa shape index (κ1) is 18.5. The number of benzene rings is 2. The first-order chi connectivity index (χ1) is 12.5. The number of anilines is 1. The van der Waals surface area contributed by atoms with Crippen molar-refractivity contribution in [2.24, 2.45) is 5.92 Å². The second-order valence-corrected chi connectivity index (χ2v) is 6.96. The first-order valence-electron chi connectivity index (χ1n) is 9.07. The van der Waals surface area contributed by atoms with Crippen molar-refractivity contribution in [1.29, 1.82) is 0 Å². The van der Waals surface area contributed by atoms with Crippen LogP contribution in [0.1, 0.15) is 25.3 Å². The van der Waals surface area contributed by atoms with Crippen molar-refractivity contribution >= 4 is 11.6 Å². The number of rotatable bonds is 5. The molecule has 2 aromatic rings. The molecule has 26 heavy (non-hydrogen) atoms. The maximum Gasteiger partial charge on any atom is 0.241 e. The highest BCUT2D eigenvalue weighted by Crippen LogP contribution is 2.23. The maximum absolute atomic E-state index is 13.7. The van der Waals surface area contributed by atoms with E-state index in [0.29, 0.717) is 5.92 Å². The van der Waals surface area contributed by atoms with E-state index in [9.17, 15) is 13.6 Å². The van der Waals surface area contributed by atoms with Gasteiger partial charge in [-0.05, 0) is 62.9 Å². The molecule has 0 aliphatic carbocycles. The van der Waals surface area contributed by atoms with E-state index in [1.165, 1.54) is 11.6 Å². The summed E-state index contributed by atoms with van der Waals surface area (Å²) in [5.74, 6) is -1.06. The minimum atomic E-state index is -0.757. The predicted octanol–water partition coefficient (Wildman–Crippen LogP) is 4.25. The Balaban J connectivity index is 1.51. The summed E-state index contributed by atoms with van der Waals surface area (Å²) < 4.78 is 26.7. The summed E-state index contributed by atoms with van der Waals surface area (Å²) in [6, 6.07) is 13.3. The fraction of sp³-hybridized carbons (Fsp3) is 0.381. The van der Waals surface area contributed by atoms with Gasteiger partial charge in [0.05, 0.1) is 11.7 Å². The van der Waals surface area contributed by atoms with Gasteiger partial charge in [-0.3, -0.25) is 9.69 Å². The molecule has 0 spiro atoms. The molecule has 1 N–H and O–H groups in total. The minimum absolute atomic E-state index is 0.0159. The molecule has 1 aliphatic heterocycles. The smallest absolute Gasteiger partial charge is 0.241 e. The third-order valence-corrected chi connectivity index (χ3v) is 5.13. The van der Waals surface area contributed by atoms with Gasteiger partial charge in [-0.2, -0.15) is 0 Å². The average Bonchev–Trinajstić information content (AvgIpc) is 2.65. The molecular weight excluding hydrogens is 334 g/mol. The van der Waals surface area contributed by atoms with E-state index in [0.717, 1.165) is 44.5 Å². The fourth-order valence-corrected chi connectivity index (χ4v) is 3.49. The Morgan fingerprint density at radius 2 is 1.85 bits per heavy atom. The number of hydrogen-bond donors (Lipinski definition) is 1. The zero-order valence-corrected chi connectivity index (χ0v) is 14.9. The molecule has 1 atom stereocenters. The van der Waals surface area contributed by atoms with Crippen LogP contribution in [0.2, 0.25) is 0 Å². The summed E-state index contributed by atoms with van der Waals surface area (Å²) in [7, 11) is 0. The number of likely N-dealkylation sites (tertiary alicyclic amines) is 1. The van der Waals surface area contributed by atoms with E-state index in [1.807, 2.05) is 13.0 Å². The summed E-state index contributed by atoms with van der Waals surface area (Å²) in [5, 5.41) is 2.56. The Kier molecular flexibility index (Phi) is 5.99. The van der Waals surface area contributed by atoms with Crippen LogP contribution in [0.3, 0.4) is 0 Å². The fourth-order valence-electron chi connectivity index (χ4n) is 3.49. The highest BCUT2D eigenvalue weighted by atomic mass is 19.1. The van der Waals surface area contributed by atoms with E-state index in [-0.39, 0.29) is 17.6 Å². The predicted molar refractivity (Wildman–Crippen MR) is 98.9 cm³/mol. The SMILES string of the molecule is C[C@H](C(=O)Nc1ccc(F)cc1F)N1CCC(Cc2ccccc2)CC1. The number of amides is 1. The minimum Gasteiger partial charge on any atom is -0.322 e. The van der Waals surface area contributed by atoms with E-state index in [1.54, 1.807) is 0 Å². The Morgan fingerprint density at radius 1 is 1.15 bits per heavy atom. The molecule has 0 saturated carbocycles. The van der Waals surface area contributed by atoms with Crippen molar-refractivity contribution < 1.29 is 13.6 Å². The highest BCUT2D eigenvalue weighted by Gasteiger charge is 2.27. The quantitative estimate of drug-likeness (QED) is 0.867. The Labute approximate surface area is 153 Å². The van der Waals surface area contributed by atoms with Gasteiger partial charge in [0.15, 0.2) is 0 Å². The zero-order valence-electron chi connectivity index (χ0n) is 14.9. The van der Waals surface area contributed by atoms with Crippen molar-refractivity contribution in [3.8, 4) is 0 Å². The van der Waals surface area contributed by atoms with Gasteiger partial charge in [0, 0.05) is 6.07 Å². The number of hydrogen-bond acceptors (Lipinski definition) is 2. The highest BCUT2D eigenvalue weighted by molar-refractivity contribution is 5.94. The van der Waals surface area contributed by atoms with E-state index in [4.69, 9.17) is 0 Å². The van der Waals surface area contributed by atoms with Gasteiger partial charge in [0.2, 0.25) is 5.91 Å². The molecule has 3 rings (SSSR count). The average molecular weight is 358 g/mol. The van der Waals surface area contributed by atoms with Crippen molar-refractivity contribution in [2.45, 2.75) is 32.2 Å². The number of nitrogens with one attached hydrogen (secondary N) is 1. The zero-order chi connectivity index (χ0) is 18.5. The Bertz CT molecular complexity index is 743. The van der Waals surface area contributed by atoms with Gasteiger partial charge in [0.25, 0.3) is 0 Å². The number of piperidine rings is 1. The van der Waals surface area contributed by atoms with Gasteiger partial charge < -0.3 is 5.32 Å². The van der Waals surface area contributed by atoms with Crippen LogP contribution in [-0.2, 0) is 11.2 Å². The van der Waals surface area contributed by atoms with Crippen molar-refractivity contribution in [3.05, 3.63) is 65.7 Å². The molecule has 2 aromatic carbocycles. The normalized spacial score (nSPS) is 17.0. The van der Waals surface area contributed by atoms with Crippen LogP contribution in [-0.4, -0.2) is 29.9 Å². The van der Waals surface area contributed by atoms with Crippen LogP contribution in [0, 0.1) is 17.6 Å². The van der Waals surface area contributed by atoms with E-state index in [2.05, 4.69) is 34.5 Å². The van der Waals surface area contributed by atoms with Gasteiger partial charge in [-0.1, -0.05) is 30.3 Å². The lowest BCUT2D eigenvalue weighted by molar-refractivity contribution is -0.121. The lowest BCUT2D eigenvalue weighted by atomic mass is 9.89. The van der Waals surface area contributed by atoms with Gasteiger partial charge >= 0.3 is 0 Å². The maximum atomic E-state index is 13.7. The molecule has 1 aliphatic rings. The van der Waals surface area contributed by atoms with Crippen LogP contribution in [0.4, 0.5) is 14.5 Å². The summed E-state index contributed by atoms with van der Waals surface area (Å²) in [5.41, 5.74) is 1.37. The molecule has 1 saturated heterocycles. The van der Waals surface area contributed by atoms with Crippen LogP contribution >= 0.6 is 0 Å². The second-order valence-electron chi connectivity index (χ2n) is 6.96. The van der Waals surface area contributed by atoms with Crippen molar-refractivity contribution in [1.82, 2.24) is 4.90 Å². The molecule has 0 unspecified atom stereocenters. The van der Waals surface area contributed by atoms with Crippen LogP contribution in [0.25, 0.3) is 0 Å². The molecule has 0 radical (unpaired) electrons. The van der Waals surface area contributed by atoms with Crippen LogP contribution < -0.4 is 5.32 Å². The molecule has 138 valence electrons. The first-order valence-corrected chi connectivity index (χ1v) is 9.07. The van der Waals surface area contributed by atoms with Gasteiger partial charge in [-0.15, -0.1) is 0 Å². The number of carbonyl (C=O) groups excluding carboxylic acids is 1. The van der Waals surface area contributed by atoms with E-state index >= 15 is 0 Å². The Hall–Kier alpha value is -2.27. The summed E-state index contributed by atoms with van der Waals surface area (Å²) in [6.07, 6.45) is 3.14. The Morgan fingerprint density at radius 3 is 2.50 bits per heavy atom. The van der Waals surface area contributed by atoms with E-state index < -0.39 is 11.6 Å². The molecular formula is C21H24F2N2O. The summed E-state index contributed by atoms with van der Waals surface area (Å²) in [6.45, 7) is 3.52. The standard InChI is InChI=1S/C21H24F2N2O/c1-15(21(26)24-20-8-7-18(22)14-19(20)23)25-11-9-17(10-12-25)13-16-5-3-2-4-6-16/h2-8,14-15,17H,9-13H2,1H3,(H,24,26)/t15-/m1/s1. The number of halogens is 2. The summed E-state index contributed by atoms with van der Waals surface area (Å²) >= 11 is 0. The van der Waals surface area contributed by atoms with Gasteiger partial charge in [-0.25, -0.2) is 8.78 Å². The van der Waals surface area contributed by atoms with Crippen molar-refractivity contribution in [2.75, 3.05) is 18.4 Å².